The van der Waals surface area contributed by atoms with E-state index in [4.69, 9.17) is 11.6 Å². The van der Waals surface area contributed by atoms with Gasteiger partial charge in [0.2, 0.25) is 0 Å². The Balaban J connectivity index is 2.52. The highest BCUT2D eigenvalue weighted by atomic mass is 35.5. The third kappa shape index (κ3) is 1.86. The Morgan fingerprint density at radius 2 is 2.21 bits per heavy atom. The fraction of sp³-hybridized carbons (Fsp3) is 0.182. The van der Waals surface area contributed by atoms with Crippen LogP contribution in [-0.2, 0) is 6.54 Å². The molecule has 0 bridgehead atoms. The number of nitrogens with zero attached hydrogens (tertiary/aromatic N) is 1. The molecule has 0 aliphatic carbocycles. The summed E-state index contributed by atoms with van der Waals surface area (Å²) in [5.41, 5.74) is 2.15. The number of benzene rings is 1. The number of rotatable bonds is 2. The molecule has 1 aromatic carbocycles. The second-order valence-corrected chi connectivity index (χ2v) is 3.65. The van der Waals surface area contributed by atoms with Gasteiger partial charge in [-0.25, -0.2) is 0 Å². The Labute approximate surface area is 87.9 Å². The molecule has 0 saturated heterocycles. The van der Waals surface area contributed by atoms with Gasteiger partial charge >= 0.3 is 0 Å². The second-order valence-electron chi connectivity index (χ2n) is 3.21. The van der Waals surface area contributed by atoms with E-state index in [1.807, 2.05) is 31.4 Å². The van der Waals surface area contributed by atoms with Crippen molar-refractivity contribution in [3.8, 4) is 0 Å². The van der Waals surface area contributed by atoms with Crippen LogP contribution in [0, 0.1) is 0 Å². The van der Waals surface area contributed by atoms with Gasteiger partial charge < -0.3 is 5.32 Å². The Morgan fingerprint density at radius 3 is 3.00 bits per heavy atom. The largest absolute Gasteiger partial charge is 0.316 e. The smallest absolute Gasteiger partial charge is 0.0703 e. The van der Waals surface area contributed by atoms with Crippen molar-refractivity contribution in [2.75, 3.05) is 7.05 Å². The Kier molecular flexibility index (Phi) is 2.66. The van der Waals surface area contributed by atoms with Gasteiger partial charge in [0.15, 0.2) is 0 Å². The number of halogens is 1. The standard InChI is InChI=1S/C11H11ClN2/c1-13-6-8-4-9-5-10(12)2-3-11(9)14-7-8/h2-5,7,13H,6H2,1H3. The lowest BCUT2D eigenvalue weighted by molar-refractivity contribution is 0.815. The summed E-state index contributed by atoms with van der Waals surface area (Å²) in [6, 6.07) is 7.82. The van der Waals surface area contributed by atoms with Crippen LogP contribution < -0.4 is 5.32 Å². The van der Waals surface area contributed by atoms with Crippen molar-refractivity contribution in [1.82, 2.24) is 10.3 Å². The third-order valence-corrected chi connectivity index (χ3v) is 2.32. The molecule has 3 heteroatoms. The van der Waals surface area contributed by atoms with Crippen LogP contribution in [0.3, 0.4) is 0 Å². The molecule has 0 amide bonds. The summed E-state index contributed by atoms with van der Waals surface area (Å²) in [6.45, 7) is 0.829. The Bertz CT molecular complexity index is 454. The molecule has 1 N–H and O–H groups in total. The highest BCUT2D eigenvalue weighted by Crippen LogP contribution is 2.18. The summed E-state index contributed by atoms with van der Waals surface area (Å²) in [7, 11) is 1.92. The molecule has 72 valence electrons. The van der Waals surface area contributed by atoms with Gasteiger partial charge in [-0.2, -0.15) is 0 Å². The molecule has 0 radical (unpaired) electrons. The monoisotopic (exact) mass is 206 g/mol. The maximum Gasteiger partial charge on any atom is 0.0703 e. The minimum absolute atomic E-state index is 0.751. The van der Waals surface area contributed by atoms with Gasteiger partial charge in [0, 0.05) is 23.2 Å². The average Bonchev–Trinajstić information content (AvgIpc) is 2.17. The molecule has 0 atom stereocenters. The lowest BCUT2D eigenvalue weighted by Crippen LogP contribution is -2.05. The van der Waals surface area contributed by atoms with Crippen molar-refractivity contribution in [2.45, 2.75) is 6.54 Å². The summed E-state index contributed by atoms with van der Waals surface area (Å²) in [5.74, 6) is 0. The number of aromatic nitrogens is 1. The molecule has 2 nitrogen and oxygen atoms in total. The van der Waals surface area contributed by atoms with Crippen LogP contribution in [0.5, 0.6) is 0 Å². The summed E-state index contributed by atoms with van der Waals surface area (Å²) < 4.78 is 0. The number of hydrogen-bond donors (Lipinski definition) is 1. The summed E-state index contributed by atoms with van der Waals surface area (Å²) >= 11 is 5.90. The van der Waals surface area contributed by atoms with E-state index in [1.165, 1.54) is 5.56 Å². The number of fused-ring (bicyclic) bond motifs is 1. The van der Waals surface area contributed by atoms with E-state index in [1.54, 1.807) is 0 Å². The van der Waals surface area contributed by atoms with Gasteiger partial charge in [0.05, 0.1) is 5.52 Å². The molecule has 2 rings (SSSR count). The fourth-order valence-corrected chi connectivity index (χ4v) is 1.63. The lowest BCUT2D eigenvalue weighted by Gasteiger charge is -2.02. The van der Waals surface area contributed by atoms with Crippen LogP contribution in [0.25, 0.3) is 10.9 Å². The van der Waals surface area contributed by atoms with E-state index in [0.29, 0.717) is 0 Å². The van der Waals surface area contributed by atoms with Crippen molar-refractivity contribution in [3.63, 3.8) is 0 Å². The summed E-state index contributed by atoms with van der Waals surface area (Å²) in [4.78, 5) is 4.34. The minimum atomic E-state index is 0.751. The molecule has 0 fully saturated rings. The molecule has 0 saturated carbocycles. The first-order valence-corrected chi connectivity index (χ1v) is 4.86. The maximum absolute atomic E-state index is 5.90. The average molecular weight is 207 g/mol. The minimum Gasteiger partial charge on any atom is -0.316 e. The van der Waals surface area contributed by atoms with Crippen LogP contribution in [0.1, 0.15) is 5.56 Å². The Morgan fingerprint density at radius 1 is 1.36 bits per heavy atom. The second kappa shape index (κ2) is 3.95. The highest BCUT2D eigenvalue weighted by Gasteiger charge is 1.97. The molecule has 0 aliphatic rings. The highest BCUT2D eigenvalue weighted by molar-refractivity contribution is 6.31. The van der Waals surface area contributed by atoms with E-state index < -0.39 is 0 Å². The predicted molar refractivity (Wildman–Crippen MR) is 59.5 cm³/mol. The topological polar surface area (TPSA) is 24.9 Å². The van der Waals surface area contributed by atoms with Gasteiger partial charge in [-0.05, 0) is 36.9 Å². The number of nitrogens with one attached hydrogen (secondary N) is 1. The zero-order valence-corrected chi connectivity index (χ0v) is 8.67. The van der Waals surface area contributed by atoms with Crippen LogP contribution >= 0.6 is 11.6 Å². The van der Waals surface area contributed by atoms with Crippen molar-refractivity contribution in [2.24, 2.45) is 0 Å². The SMILES string of the molecule is CNCc1cnc2ccc(Cl)cc2c1. The van der Waals surface area contributed by atoms with E-state index in [-0.39, 0.29) is 0 Å². The molecule has 14 heavy (non-hydrogen) atoms. The van der Waals surface area contributed by atoms with E-state index in [2.05, 4.69) is 16.4 Å². The van der Waals surface area contributed by atoms with Gasteiger partial charge in [-0.1, -0.05) is 11.6 Å². The molecule has 0 unspecified atom stereocenters. The van der Waals surface area contributed by atoms with Crippen molar-refractivity contribution < 1.29 is 0 Å². The first-order chi connectivity index (χ1) is 6.79. The van der Waals surface area contributed by atoms with Crippen molar-refractivity contribution >= 4 is 22.5 Å². The van der Waals surface area contributed by atoms with Gasteiger partial charge in [0.1, 0.15) is 0 Å². The third-order valence-electron chi connectivity index (χ3n) is 2.08. The van der Waals surface area contributed by atoms with E-state index in [0.717, 1.165) is 22.5 Å². The lowest BCUT2D eigenvalue weighted by atomic mass is 10.1. The summed E-state index contributed by atoms with van der Waals surface area (Å²) in [5, 5.41) is 4.93. The van der Waals surface area contributed by atoms with Crippen LogP contribution in [0.4, 0.5) is 0 Å². The van der Waals surface area contributed by atoms with Crippen LogP contribution in [0.15, 0.2) is 30.5 Å². The zero-order chi connectivity index (χ0) is 9.97. The quantitative estimate of drug-likeness (QED) is 0.817. The van der Waals surface area contributed by atoms with Gasteiger partial charge in [-0.15, -0.1) is 0 Å². The zero-order valence-electron chi connectivity index (χ0n) is 7.92. The van der Waals surface area contributed by atoms with Gasteiger partial charge in [0.25, 0.3) is 0 Å². The number of pyridine rings is 1. The fourth-order valence-electron chi connectivity index (χ4n) is 1.45. The van der Waals surface area contributed by atoms with E-state index >= 15 is 0 Å². The first-order valence-electron chi connectivity index (χ1n) is 4.48. The summed E-state index contributed by atoms with van der Waals surface area (Å²) in [6.07, 6.45) is 1.88. The van der Waals surface area contributed by atoms with Crippen molar-refractivity contribution in [1.29, 1.82) is 0 Å². The first kappa shape index (κ1) is 9.44. The molecule has 1 aromatic heterocycles. The van der Waals surface area contributed by atoms with Crippen molar-refractivity contribution in [3.05, 3.63) is 41.0 Å². The predicted octanol–water partition coefficient (Wildman–Crippen LogP) is 2.61. The van der Waals surface area contributed by atoms with Crippen LogP contribution in [0.2, 0.25) is 5.02 Å². The molecule has 2 aromatic rings. The van der Waals surface area contributed by atoms with Gasteiger partial charge in [-0.3, -0.25) is 4.98 Å². The molecular weight excluding hydrogens is 196 g/mol. The maximum atomic E-state index is 5.90. The Hall–Kier alpha value is -1.12. The molecule has 1 heterocycles. The van der Waals surface area contributed by atoms with Crippen LogP contribution in [-0.4, -0.2) is 12.0 Å². The number of hydrogen-bond acceptors (Lipinski definition) is 2. The normalized spacial score (nSPS) is 10.7. The molecule has 0 aliphatic heterocycles. The molecular formula is C11H11ClN2. The van der Waals surface area contributed by atoms with E-state index in [9.17, 15) is 0 Å². The molecule has 0 spiro atoms.